The number of rotatable bonds is 7. The molecule has 0 bridgehead atoms. The molecule has 1 aliphatic rings. The first-order chi connectivity index (χ1) is 15.4. The van der Waals surface area contributed by atoms with Crippen LogP contribution in [0.4, 0.5) is 11.5 Å². The van der Waals surface area contributed by atoms with Crippen LogP contribution in [0.5, 0.6) is 0 Å². The number of hydrogen-bond donors (Lipinski definition) is 4. The Morgan fingerprint density at radius 3 is 2.81 bits per heavy atom. The summed E-state index contributed by atoms with van der Waals surface area (Å²) in [6, 6.07) is 7.57. The van der Waals surface area contributed by atoms with Gasteiger partial charge in [0.05, 0.1) is 6.04 Å². The number of carbonyl (C=O) groups excluding carboxylic acids is 1. The first-order valence-corrected chi connectivity index (χ1v) is 11.0. The zero-order chi connectivity index (χ0) is 22.7. The van der Waals surface area contributed by atoms with E-state index in [1.165, 1.54) is 21.9 Å². The average molecular weight is 458 g/mol. The lowest BCUT2D eigenvalue weighted by atomic mass is 10.1. The number of aromatic nitrogens is 3. The van der Waals surface area contributed by atoms with E-state index in [1.807, 2.05) is 6.07 Å². The van der Waals surface area contributed by atoms with E-state index in [9.17, 15) is 14.4 Å². The van der Waals surface area contributed by atoms with Crippen LogP contribution in [0.15, 0.2) is 35.1 Å². The molecule has 1 aliphatic heterocycles. The summed E-state index contributed by atoms with van der Waals surface area (Å²) in [5.41, 5.74) is 6.72. The first-order valence-electron chi connectivity index (χ1n) is 10.2. The minimum absolute atomic E-state index is 0.0444. The number of carboxylic acid groups (broad SMARTS) is 1. The van der Waals surface area contributed by atoms with E-state index in [0.29, 0.717) is 27.0 Å². The maximum Gasteiger partial charge on any atom is 0.303 e. The highest BCUT2D eigenvalue weighted by molar-refractivity contribution is 7.19. The molecule has 3 heterocycles. The summed E-state index contributed by atoms with van der Waals surface area (Å²) in [5, 5.41) is 19.7. The molecule has 1 amide bonds. The van der Waals surface area contributed by atoms with E-state index in [-0.39, 0.29) is 18.4 Å². The van der Waals surface area contributed by atoms with Gasteiger partial charge in [-0.2, -0.15) is 9.61 Å². The molecule has 3 aromatic rings. The van der Waals surface area contributed by atoms with Crippen LogP contribution >= 0.6 is 11.3 Å². The topological polar surface area (TPSA) is 155 Å². The molecule has 168 valence electrons. The molecule has 0 spiro atoms. The summed E-state index contributed by atoms with van der Waals surface area (Å²) in [4.78, 5) is 42.7. The van der Waals surface area contributed by atoms with E-state index in [2.05, 4.69) is 25.6 Å². The maximum atomic E-state index is 12.6. The van der Waals surface area contributed by atoms with Gasteiger partial charge < -0.3 is 26.4 Å². The van der Waals surface area contributed by atoms with Gasteiger partial charge in [0, 0.05) is 49.9 Å². The lowest BCUT2D eigenvalue weighted by molar-refractivity contribution is -0.137. The van der Waals surface area contributed by atoms with Crippen LogP contribution in [0.1, 0.15) is 12.8 Å². The van der Waals surface area contributed by atoms with Crippen molar-refractivity contribution in [3.8, 4) is 10.6 Å². The van der Waals surface area contributed by atoms with E-state index >= 15 is 0 Å². The SMILES string of the molecule is NC(CCC(=O)O)C(=O)Nc1cccc(-c2nn3c(=O)cc(N4CCNCC4)nc3s2)c1. The Bertz CT molecular complexity index is 1200. The van der Waals surface area contributed by atoms with Crippen molar-refractivity contribution in [3.05, 3.63) is 40.7 Å². The van der Waals surface area contributed by atoms with Crippen molar-refractivity contribution in [2.75, 3.05) is 36.4 Å². The molecule has 5 N–H and O–H groups in total. The number of amides is 1. The van der Waals surface area contributed by atoms with Crippen molar-refractivity contribution < 1.29 is 14.7 Å². The molecule has 2 aromatic heterocycles. The lowest BCUT2D eigenvalue weighted by Gasteiger charge is -2.27. The number of piperazine rings is 1. The second-order valence-electron chi connectivity index (χ2n) is 7.40. The van der Waals surface area contributed by atoms with E-state index in [0.717, 1.165) is 26.2 Å². The van der Waals surface area contributed by atoms with Crippen LogP contribution in [0.25, 0.3) is 15.5 Å². The summed E-state index contributed by atoms with van der Waals surface area (Å²) in [6.45, 7) is 3.25. The summed E-state index contributed by atoms with van der Waals surface area (Å²) >= 11 is 1.28. The minimum Gasteiger partial charge on any atom is -0.481 e. The smallest absolute Gasteiger partial charge is 0.303 e. The number of carbonyl (C=O) groups is 2. The molecule has 1 saturated heterocycles. The van der Waals surface area contributed by atoms with Crippen molar-refractivity contribution in [1.29, 1.82) is 0 Å². The van der Waals surface area contributed by atoms with Gasteiger partial charge in [0.25, 0.3) is 5.56 Å². The Labute approximate surface area is 186 Å². The van der Waals surface area contributed by atoms with E-state index in [4.69, 9.17) is 10.8 Å². The van der Waals surface area contributed by atoms with E-state index < -0.39 is 17.9 Å². The Morgan fingerprint density at radius 1 is 1.28 bits per heavy atom. The van der Waals surface area contributed by atoms with Crippen LogP contribution < -0.4 is 26.8 Å². The molecule has 1 unspecified atom stereocenters. The highest BCUT2D eigenvalue weighted by Crippen LogP contribution is 2.27. The van der Waals surface area contributed by atoms with Crippen molar-refractivity contribution in [3.63, 3.8) is 0 Å². The number of benzene rings is 1. The molecule has 1 atom stereocenters. The number of anilines is 2. The summed E-state index contributed by atoms with van der Waals surface area (Å²) < 4.78 is 1.28. The monoisotopic (exact) mass is 457 g/mol. The lowest BCUT2D eigenvalue weighted by Crippen LogP contribution is -2.44. The van der Waals surface area contributed by atoms with Crippen molar-refractivity contribution in [1.82, 2.24) is 19.9 Å². The second kappa shape index (κ2) is 9.42. The number of fused-ring (bicyclic) bond motifs is 1. The van der Waals surface area contributed by atoms with Crippen molar-refractivity contribution in [2.24, 2.45) is 5.73 Å². The third kappa shape index (κ3) is 4.93. The molecular formula is C20H23N7O4S. The molecule has 4 rings (SSSR count). The molecule has 11 nitrogen and oxygen atoms in total. The average Bonchev–Trinajstić information content (AvgIpc) is 3.23. The third-order valence-electron chi connectivity index (χ3n) is 5.06. The first kappa shape index (κ1) is 21.9. The highest BCUT2D eigenvalue weighted by Gasteiger charge is 2.18. The van der Waals surface area contributed by atoms with Gasteiger partial charge in [-0.15, -0.1) is 0 Å². The summed E-state index contributed by atoms with van der Waals surface area (Å²) in [5.74, 6) is -0.829. The van der Waals surface area contributed by atoms with E-state index in [1.54, 1.807) is 18.2 Å². The minimum atomic E-state index is -1.00. The zero-order valence-corrected chi connectivity index (χ0v) is 18.0. The van der Waals surface area contributed by atoms with Crippen molar-refractivity contribution >= 4 is 39.7 Å². The van der Waals surface area contributed by atoms with Gasteiger partial charge in [0.2, 0.25) is 10.9 Å². The van der Waals surface area contributed by atoms with Crippen LogP contribution in [0.3, 0.4) is 0 Å². The number of nitrogens with one attached hydrogen (secondary N) is 2. The zero-order valence-electron chi connectivity index (χ0n) is 17.2. The number of aliphatic carboxylic acids is 1. The van der Waals surface area contributed by atoms with Crippen LogP contribution in [-0.4, -0.2) is 63.8 Å². The fourth-order valence-electron chi connectivity index (χ4n) is 3.35. The number of nitrogens with two attached hydrogens (primary N) is 1. The number of carboxylic acids is 1. The molecule has 0 radical (unpaired) electrons. The Kier molecular flexibility index (Phi) is 6.44. The Balaban J connectivity index is 1.55. The number of hydrogen-bond acceptors (Lipinski definition) is 9. The fourth-order valence-corrected chi connectivity index (χ4v) is 4.24. The van der Waals surface area contributed by atoms with Crippen molar-refractivity contribution in [2.45, 2.75) is 18.9 Å². The fraction of sp³-hybridized carbons (Fsp3) is 0.350. The van der Waals surface area contributed by atoms with Gasteiger partial charge in [0.1, 0.15) is 10.8 Å². The van der Waals surface area contributed by atoms with Crippen LogP contribution in [0, 0.1) is 0 Å². The molecule has 0 aliphatic carbocycles. The second-order valence-corrected chi connectivity index (χ2v) is 8.36. The predicted octanol–water partition coefficient (Wildman–Crippen LogP) is 0.358. The maximum absolute atomic E-state index is 12.6. The molecule has 0 saturated carbocycles. The van der Waals surface area contributed by atoms with Crippen LogP contribution in [0.2, 0.25) is 0 Å². The standard InChI is InChI=1S/C20H23N7O4S/c21-14(4-5-17(29)30)18(31)23-13-3-1-2-12(10-13)19-25-27-16(28)11-15(24-20(27)32-19)26-8-6-22-7-9-26/h1-3,10-11,14,22H,4-9,21H2,(H,23,31)(H,29,30). The number of nitrogens with zero attached hydrogens (tertiary/aromatic N) is 4. The quantitative estimate of drug-likeness (QED) is 0.393. The Hall–Kier alpha value is -3.35. The summed E-state index contributed by atoms with van der Waals surface area (Å²) in [6.07, 6.45) is -0.138. The largest absolute Gasteiger partial charge is 0.481 e. The van der Waals surface area contributed by atoms with Gasteiger partial charge in [-0.05, 0) is 18.6 Å². The molecule has 12 heteroatoms. The van der Waals surface area contributed by atoms with Gasteiger partial charge in [0.15, 0.2) is 0 Å². The molecule has 32 heavy (non-hydrogen) atoms. The van der Waals surface area contributed by atoms with Gasteiger partial charge >= 0.3 is 5.97 Å². The molecule has 1 fully saturated rings. The van der Waals surface area contributed by atoms with Crippen LogP contribution in [-0.2, 0) is 9.59 Å². The predicted molar refractivity (Wildman–Crippen MR) is 121 cm³/mol. The Morgan fingerprint density at radius 2 is 2.06 bits per heavy atom. The third-order valence-corrected chi connectivity index (χ3v) is 6.01. The normalized spacial score (nSPS) is 15.0. The molecule has 1 aromatic carbocycles. The summed E-state index contributed by atoms with van der Waals surface area (Å²) in [7, 11) is 0. The van der Waals surface area contributed by atoms with Gasteiger partial charge in [-0.3, -0.25) is 14.4 Å². The molecular weight excluding hydrogens is 434 g/mol. The van der Waals surface area contributed by atoms with Gasteiger partial charge in [-0.1, -0.05) is 23.5 Å². The van der Waals surface area contributed by atoms with Gasteiger partial charge in [-0.25, -0.2) is 4.98 Å². The highest BCUT2D eigenvalue weighted by atomic mass is 32.1.